The van der Waals surface area contributed by atoms with Gasteiger partial charge >= 0.3 is 0 Å². The smallest absolute Gasteiger partial charge is 0.251 e. The van der Waals surface area contributed by atoms with Crippen LogP contribution in [0.4, 0.5) is 0 Å². The number of nitro groups is 1. The third-order valence-electron chi connectivity index (χ3n) is 3.85. The second kappa shape index (κ2) is 12.9. The highest BCUT2D eigenvalue weighted by atomic mass is 16.7. The molecule has 0 rings (SSSR count). The van der Waals surface area contributed by atoms with E-state index in [0.717, 1.165) is 6.42 Å². The molecule has 0 aromatic heterocycles. The van der Waals surface area contributed by atoms with Crippen molar-refractivity contribution in [2.45, 2.75) is 59.4 Å². The number of nitrogens with two attached hydrogens (primary N) is 1. The molecule has 26 heavy (non-hydrogen) atoms. The topological polar surface area (TPSA) is 152 Å². The van der Waals surface area contributed by atoms with Crippen LogP contribution in [-0.2, 0) is 9.59 Å². The number of carbonyl (C=O) groups is 2. The number of hydrazine groups is 1. The Hall–Kier alpha value is -2.39. The van der Waals surface area contributed by atoms with Crippen molar-refractivity contribution in [2.75, 3.05) is 13.1 Å². The van der Waals surface area contributed by atoms with Crippen molar-refractivity contribution in [1.29, 1.82) is 0 Å². The van der Waals surface area contributed by atoms with Crippen molar-refractivity contribution in [2.24, 2.45) is 22.6 Å². The molecule has 0 aliphatic carbocycles. The first-order valence-electron chi connectivity index (χ1n) is 8.96. The number of nitrogens with one attached hydrogen (secondary N) is 3. The minimum Gasteiger partial charge on any atom is -0.365 e. The van der Waals surface area contributed by atoms with Gasteiger partial charge < -0.3 is 16.4 Å². The third-order valence-corrected chi connectivity index (χ3v) is 3.85. The maximum absolute atomic E-state index is 12.4. The van der Waals surface area contributed by atoms with Gasteiger partial charge in [0.1, 0.15) is 6.04 Å². The first kappa shape index (κ1) is 23.6. The quantitative estimate of drug-likeness (QED) is 0.129. The number of hydrogen-bond acceptors (Lipinski definition) is 5. The lowest BCUT2D eigenvalue weighted by Crippen LogP contribution is -2.48. The van der Waals surface area contributed by atoms with Crippen LogP contribution in [0.1, 0.15) is 53.4 Å². The first-order valence-corrected chi connectivity index (χ1v) is 8.96. The van der Waals surface area contributed by atoms with Crippen molar-refractivity contribution in [1.82, 2.24) is 16.1 Å². The summed E-state index contributed by atoms with van der Waals surface area (Å²) in [5.74, 6) is -0.414. The molecule has 150 valence electrons. The number of guanidine groups is 1. The zero-order valence-corrected chi connectivity index (χ0v) is 16.1. The molecule has 2 amide bonds. The van der Waals surface area contributed by atoms with Gasteiger partial charge in [-0.15, -0.1) is 0 Å². The third kappa shape index (κ3) is 11.2. The predicted molar refractivity (Wildman–Crippen MR) is 99.7 cm³/mol. The van der Waals surface area contributed by atoms with Gasteiger partial charge in [0.25, 0.3) is 5.96 Å². The first-order chi connectivity index (χ1) is 12.2. The number of carbonyl (C=O) groups excluding carboxylic acids is 2. The van der Waals surface area contributed by atoms with Crippen molar-refractivity contribution in [3.8, 4) is 0 Å². The standard InChI is InChI=1S/C16H32N6O4/c1-5-12(4)14(23)20-13(15(24)18-10-8-11(2)3)7-6-9-19-16(17)21-22(25)26/h11-13H,5-10H2,1-4H3,(H,18,24)(H,20,23)(H3,17,19,21)/t12?,13-/m0/s1. The molecule has 10 nitrogen and oxygen atoms in total. The van der Waals surface area contributed by atoms with Crippen LogP contribution in [0.3, 0.4) is 0 Å². The van der Waals surface area contributed by atoms with Crippen LogP contribution < -0.4 is 21.8 Å². The number of aliphatic imine (C=N–C) groups is 1. The molecule has 0 spiro atoms. The van der Waals surface area contributed by atoms with Crippen LogP contribution >= 0.6 is 0 Å². The van der Waals surface area contributed by atoms with E-state index in [2.05, 4.69) is 29.5 Å². The van der Waals surface area contributed by atoms with Gasteiger partial charge in [0.05, 0.1) is 0 Å². The molecular weight excluding hydrogens is 340 g/mol. The molecule has 0 heterocycles. The highest BCUT2D eigenvalue weighted by molar-refractivity contribution is 5.88. The van der Waals surface area contributed by atoms with Crippen LogP contribution in [0.5, 0.6) is 0 Å². The lowest BCUT2D eigenvalue weighted by atomic mass is 10.1. The summed E-state index contributed by atoms with van der Waals surface area (Å²) in [5, 5.41) is 15.0. The Balaban J connectivity index is 4.63. The maximum Gasteiger partial charge on any atom is 0.251 e. The number of hydrogen-bond donors (Lipinski definition) is 4. The average molecular weight is 372 g/mol. The Labute approximate surface area is 154 Å². The zero-order chi connectivity index (χ0) is 20.1. The molecule has 0 saturated carbocycles. The average Bonchev–Trinajstić information content (AvgIpc) is 2.55. The molecule has 0 fully saturated rings. The van der Waals surface area contributed by atoms with Gasteiger partial charge in [0.2, 0.25) is 11.8 Å². The molecule has 0 aromatic carbocycles. The Morgan fingerprint density at radius 1 is 1.19 bits per heavy atom. The SMILES string of the molecule is CCC(C)C(=O)N[C@@H](CCCN=C(N)N[N+](=O)[O-])C(=O)NCCC(C)C. The van der Waals surface area contributed by atoms with Crippen molar-refractivity contribution >= 4 is 17.8 Å². The van der Waals surface area contributed by atoms with Gasteiger partial charge in [-0.3, -0.25) is 9.59 Å². The Bertz CT molecular complexity index is 495. The minimum absolute atomic E-state index is 0.172. The van der Waals surface area contributed by atoms with E-state index in [9.17, 15) is 19.7 Å². The van der Waals surface area contributed by atoms with Crippen LogP contribution in [0, 0.1) is 22.0 Å². The molecule has 0 bridgehead atoms. The Kier molecular flexibility index (Phi) is 11.7. The Morgan fingerprint density at radius 2 is 1.85 bits per heavy atom. The van der Waals surface area contributed by atoms with E-state index in [1.807, 2.05) is 6.92 Å². The van der Waals surface area contributed by atoms with E-state index < -0.39 is 11.1 Å². The molecule has 0 aliphatic heterocycles. The molecule has 0 saturated heterocycles. The number of amides is 2. The van der Waals surface area contributed by atoms with Gasteiger partial charge in [-0.1, -0.05) is 33.1 Å². The maximum atomic E-state index is 12.4. The summed E-state index contributed by atoms with van der Waals surface area (Å²) in [7, 11) is 0. The summed E-state index contributed by atoms with van der Waals surface area (Å²) in [5.41, 5.74) is 7.08. The van der Waals surface area contributed by atoms with E-state index >= 15 is 0 Å². The lowest BCUT2D eigenvalue weighted by Gasteiger charge is -2.20. The lowest BCUT2D eigenvalue weighted by molar-refractivity contribution is -0.525. The summed E-state index contributed by atoms with van der Waals surface area (Å²) in [4.78, 5) is 38.5. The fourth-order valence-corrected chi connectivity index (χ4v) is 2.00. The summed E-state index contributed by atoms with van der Waals surface area (Å²) in [6, 6.07) is -0.663. The molecule has 5 N–H and O–H groups in total. The van der Waals surface area contributed by atoms with E-state index in [-0.39, 0.29) is 30.2 Å². The molecular formula is C16H32N6O4. The summed E-state index contributed by atoms with van der Waals surface area (Å²) >= 11 is 0. The van der Waals surface area contributed by atoms with Crippen molar-refractivity contribution < 1.29 is 14.6 Å². The van der Waals surface area contributed by atoms with E-state index in [4.69, 9.17) is 5.73 Å². The highest BCUT2D eigenvalue weighted by Crippen LogP contribution is 2.05. The largest absolute Gasteiger partial charge is 0.365 e. The fourth-order valence-electron chi connectivity index (χ4n) is 2.00. The van der Waals surface area contributed by atoms with Crippen molar-refractivity contribution in [3.05, 3.63) is 10.1 Å². The monoisotopic (exact) mass is 372 g/mol. The van der Waals surface area contributed by atoms with Gasteiger partial charge in [-0.05, 0) is 31.6 Å². The molecule has 0 aliphatic rings. The second-order valence-corrected chi connectivity index (χ2v) is 6.62. The van der Waals surface area contributed by atoms with E-state index in [0.29, 0.717) is 31.7 Å². The summed E-state index contributed by atoms with van der Waals surface area (Å²) in [6.45, 7) is 8.59. The van der Waals surface area contributed by atoms with Gasteiger partial charge in [0, 0.05) is 19.0 Å². The van der Waals surface area contributed by atoms with E-state index in [1.165, 1.54) is 0 Å². The molecule has 2 atom stereocenters. The van der Waals surface area contributed by atoms with Crippen LogP contribution in [-0.4, -0.2) is 41.9 Å². The predicted octanol–water partition coefficient (Wildman–Crippen LogP) is 0.556. The normalized spacial score (nSPS) is 13.8. The van der Waals surface area contributed by atoms with Gasteiger partial charge in [0.15, 0.2) is 5.03 Å². The summed E-state index contributed by atoms with van der Waals surface area (Å²) < 4.78 is 0. The molecule has 1 unspecified atom stereocenters. The minimum atomic E-state index is -0.795. The number of nitrogens with zero attached hydrogens (tertiary/aromatic N) is 2. The highest BCUT2D eigenvalue weighted by Gasteiger charge is 2.22. The van der Waals surface area contributed by atoms with E-state index in [1.54, 1.807) is 12.3 Å². The second-order valence-electron chi connectivity index (χ2n) is 6.62. The molecule has 10 heteroatoms. The fraction of sp³-hybridized carbons (Fsp3) is 0.812. The van der Waals surface area contributed by atoms with Crippen molar-refractivity contribution in [3.63, 3.8) is 0 Å². The molecule has 0 radical (unpaired) electrons. The molecule has 0 aromatic rings. The van der Waals surface area contributed by atoms with Crippen LogP contribution in [0.25, 0.3) is 0 Å². The Morgan fingerprint density at radius 3 is 2.38 bits per heavy atom. The van der Waals surface area contributed by atoms with Crippen LogP contribution in [0.2, 0.25) is 0 Å². The van der Waals surface area contributed by atoms with Gasteiger partial charge in [-0.2, -0.15) is 0 Å². The zero-order valence-electron chi connectivity index (χ0n) is 16.1. The van der Waals surface area contributed by atoms with Crippen LogP contribution in [0.15, 0.2) is 4.99 Å². The number of rotatable bonds is 12. The summed E-state index contributed by atoms with van der Waals surface area (Å²) in [6.07, 6.45) is 2.35. The van der Waals surface area contributed by atoms with Gasteiger partial charge in [-0.25, -0.2) is 15.1 Å².